The number of halogens is 1. The van der Waals surface area contributed by atoms with Crippen molar-refractivity contribution in [2.24, 2.45) is 0 Å². The zero-order valence-electron chi connectivity index (χ0n) is 9.67. The van der Waals surface area contributed by atoms with Crippen molar-refractivity contribution in [3.05, 3.63) is 58.3 Å². The number of hydrogen-bond acceptors (Lipinski definition) is 2. The third-order valence-electron chi connectivity index (χ3n) is 2.77. The summed E-state index contributed by atoms with van der Waals surface area (Å²) in [5.74, 6) is 0. The van der Waals surface area contributed by atoms with Gasteiger partial charge in [-0.3, -0.25) is 0 Å². The fourth-order valence-electron chi connectivity index (χ4n) is 1.85. The number of benzene rings is 2. The van der Waals surface area contributed by atoms with Crippen LogP contribution >= 0.6 is 11.6 Å². The third-order valence-corrected chi connectivity index (χ3v) is 3.02. The molecule has 0 aliphatic heterocycles. The van der Waals surface area contributed by atoms with Crippen LogP contribution in [0.5, 0.6) is 0 Å². The summed E-state index contributed by atoms with van der Waals surface area (Å²) in [6.07, 6.45) is 0. The zero-order valence-corrected chi connectivity index (χ0v) is 10.4. The van der Waals surface area contributed by atoms with Crippen molar-refractivity contribution >= 4 is 22.6 Å². The van der Waals surface area contributed by atoms with Crippen LogP contribution in [0.2, 0.25) is 5.02 Å². The van der Waals surface area contributed by atoms with E-state index < -0.39 is 0 Å². The molecule has 18 heavy (non-hydrogen) atoms. The molecule has 5 heteroatoms. The summed E-state index contributed by atoms with van der Waals surface area (Å²) >= 11 is 5.82. The van der Waals surface area contributed by atoms with E-state index in [0.29, 0.717) is 21.7 Å². The van der Waals surface area contributed by atoms with E-state index in [0.717, 1.165) is 10.4 Å². The maximum Gasteiger partial charge on any atom is 0.250 e. The maximum atomic E-state index is 12.2. The molecule has 0 N–H and O–H groups in total. The highest BCUT2D eigenvalue weighted by atomic mass is 35.5. The van der Waals surface area contributed by atoms with Gasteiger partial charge in [-0.25, -0.2) is 0 Å². The fourth-order valence-corrected chi connectivity index (χ4v) is 1.98. The molecular formula is C13H10ClN3O. The van der Waals surface area contributed by atoms with Gasteiger partial charge in [0.05, 0.1) is 5.10 Å². The second-order valence-electron chi connectivity index (χ2n) is 4.13. The van der Waals surface area contributed by atoms with E-state index in [1.165, 1.54) is 4.80 Å². The molecule has 0 saturated carbocycles. The van der Waals surface area contributed by atoms with E-state index >= 15 is 0 Å². The monoisotopic (exact) mass is 259 g/mol. The minimum atomic E-state index is 0.560. The highest BCUT2D eigenvalue weighted by Crippen LogP contribution is 2.14. The molecule has 90 valence electrons. The molecule has 0 unspecified atom stereocenters. The Morgan fingerprint density at radius 2 is 1.89 bits per heavy atom. The summed E-state index contributed by atoms with van der Waals surface area (Å²) in [7, 11) is 0. The van der Waals surface area contributed by atoms with Gasteiger partial charge in [0.1, 0.15) is 5.69 Å². The maximum absolute atomic E-state index is 12.2. The molecule has 0 aliphatic carbocycles. The van der Waals surface area contributed by atoms with Crippen molar-refractivity contribution < 1.29 is 4.85 Å². The molecular weight excluding hydrogens is 250 g/mol. The van der Waals surface area contributed by atoms with Gasteiger partial charge in [-0.2, -0.15) is 0 Å². The number of hydrogen-bond donors (Lipinski definition) is 0. The molecule has 0 bridgehead atoms. The molecule has 1 aromatic heterocycles. The Hall–Kier alpha value is -2.07. The highest BCUT2D eigenvalue weighted by molar-refractivity contribution is 6.30. The average molecular weight is 260 g/mol. The predicted molar refractivity (Wildman–Crippen MR) is 69.8 cm³/mol. The first-order chi connectivity index (χ1) is 8.65. The van der Waals surface area contributed by atoms with Gasteiger partial charge in [-0.1, -0.05) is 17.7 Å². The van der Waals surface area contributed by atoms with Gasteiger partial charge >= 0.3 is 0 Å². The number of rotatable bonds is 1. The van der Waals surface area contributed by atoms with Gasteiger partial charge in [-0.15, -0.1) is 4.85 Å². The Labute approximate surface area is 109 Å². The predicted octanol–water partition coefficient (Wildman–Crippen LogP) is 2.62. The number of nitrogens with zero attached hydrogens (tertiary/aromatic N) is 3. The van der Waals surface area contributed by atoms with Crippen molar-refractivity contribution in [2.75, 3.05) is 0 Å². The van der Waals surface area contributed by atoms with E-state index in [9.17, 15) is 5.21 Å². The van der Waals surface area contributed by atoms with Gasteiger partial charge in [-0.05, 0) is 53.7 Å². The van der Waals surface area contributed by atoms with Crippen molar-refractivity contribution in [2.45, 2.75) is 6.92 Å². The third kappa shape index (κ3) is 1.71. The smallest absolute Gasteiger partial charge is 0.250 e. The van der Waals surface area contributed by atoms with Crippen LogP contribution in [0.25, 0.3) is 16.7 Å². The molecule has 0 fully saturated rings. The normalized spacial score (nSPS) is 11.0. The van der Waals surface area contributed by atoms with Crippen molar-refractivity contribution in [3.8, 4) is 5.69 Å². The average Bonchev–Trinajstić information content (AvgIpc) is 2.68. The van der Waals surface area contributed by atoms with Gasteiger partial charge in [0.25, 0.3) is 0 Å². The minimum Gasteiger partial charge on any atom is -0.692 e. The van der Waals surface area contributed by atoms with Crippen LogP contribution in [0.1, 0.15) is 5.56 Å². The SMILES string of the molecule is Cc1ccc2nn(-c3ccc(Cl)cc3)[n+]([O-])c2c1. The van der Waals surface area contributed by atoms with E-state index in [4.69, 9.17) is 11.6 Å². The van der Waals surface area contributed by atoms with Crippen LogP contribution in [0, 0.1) is 12.1 Å². The Balaban J connectivity index is 2.23. The van der Waals surface area contributed by atoms with Crippen molar-refractivity contribution in [1.82, 2.24) is 9.90 Å². The first-order valence-electron chi connectivity index (χ1n) is 5.50. The topological polar surface area (TPSA) is 44.8 Å². The van der Waals surface area contributed by atoms with E-state index in [-0.39, 0.29) is 0 Å². The second kappa shape index (κ2) is 3.99. The molecule has 0 atom stereocenters. The van der Waals surface area contributed by atoms with Crippen molar-refractivity contribution in [1.29, 1.82) is 0 Å². The first kappa shape index (κ1) is 11.0. The van der Waals surface area contributed by atoms with Crippen molar-refractivity contribution in [3.63, 3.8) is 0 Å². The quantitative estimate of drug-likeness (QED) is 0.498. The number of aryl methyl sites for hydroxylation is 1. The van der Waals surface area contributed by atoms with Crippen LogP contribution in [0.15, 0.2) is 42.5 Å². The summed E-state index contributed by atoms with van der Waals surface area (Å²) in [5, 5.41) is 17.1. The van der Waals surface area contributed by atoms with Crippen LogP contribution in [0.3, 0.4) is 0 Å². The molecule has 1 heterocycles. The molecule has 3 aromatic rings. The molecule has 3 rings (SSSR count). The molecule has 0 radical (unpaired) electrons. The number of fused-ring (bicyclic) bond motifs is 1. The van der Waals surface area contributed by atoms with Crippen LogP contribution in [0.4, 0.5) is 0 Å². The summed E-state index contributed by atoms with van der Waals surface area (Å²) in [6, 6.07) is 12.6. The van der Waals surface area contributed by atoms with Gasteiger partial charge in [0.15, 0.2) is 0 Å². The lowest BCUT2D eigenvalue weighted by molar-refractivity contribution is -0.664. The highest BCUT2D eigenvalue weighted by Gasteiger charge is 2.15. The summed E-state index contributed by atoms with van der Waals surface area (Å²) < 4.78 is 0. The molecule has 2 aromatic carbocycles. The van der Waals surface area contributed by atoms with Gasteiger partial charge < -0.3 is 5.21 Å². The Bertz CT molecular complexity index is 719. The number of aromatic nitrogens is 3. The standard InChI is InChI=1S/C13H10ClN3O/c1-9-2-7-12-13(8-9)17(18)16(15-12)11-5-3-10(14)4-6-11/h2-8H,1H3. The van der Waals surface area contributed by atoms with Gasteiger partial charge in [0.2, 0.25) is 11.0 Å². The first-order valence-corrected chi connectivity index (χ1v) is 5.88. The van der Waals surface area contributed by atoms with E-state index in [1.54, 1.807) is 24.3 Å². The van der Waals surface area contributed by atoms with Gasteiger partial charge in [0, 0.05) is 5.02 Å². The zero-order chi connectivity index (χ0) is 12.7. The van der Waals surface area contributed by atoms with Crippen LogP contribution in [-0.2, 0) is 0 Å². The van der Waals surface area contributed by atoms with Crippen LogP contribution < -0.4 is 4.85 Å². The lowest BCUT2D eigenvalue weighted by atomic mass is 10.2. The summed E-state index contributed by atoms with van der Waals surface area (Å²) in [5.41, 5.74) is 2.95. The molecule has 4 nitrogen and oxygen atoms in total. The summed E-state index contributed by atoms with van der Waals surface area (Å²) in [6.45, 7) is 1.94. The largest absolute Gasteiger partial charge is 0.692 e. The summed E-state index contributed by atoms with van der Waals surface area (Å²) in [4.78, 5) is 2.10. The second-order valence-corrected chi connectivity index (χ2v) is 4.57. The lowest BCUT2D eigenvalue weighted by Gasteiger charge is -2.03. The Morgan fingerprint density at radius 1 is 1.17 bits per heavy atom. The van der Waals surface area contributed by atoms with E-state index in [1.807, 2.05) is 25.1 Å². The Morgan fingerprint density at radius 3 is 2.61 bits per heavy atom. The lowest BCUT2D eigenvalue weighted by Crippen LogP contribution is -2.37. The fraction of sp³-hybridized carbons (Fsp3) is 0.0769. The van der Waals surface area contributed by atoms with Crippen LogP contribution in [-0.4, -0.2) is 9.90 Å². The van der Waals surface area contributed by atoms with E-state index in [2.05, 4.69) is 5.10 Å². The molecule has 0 saturated heterocycles. The molecule has 0 amide bonds. The molecule has 0 spiro atoms. The molecule has 0 aliphatic rings. The Kier molecular flexibility index (Phi) is 2.45. The minimum absolute atomic E-state index is 0.560.